The van der Waals surface area contributed by atoms with Crippen LogP contribution in [0.5, 0.6) is 0 Å². The quantitative estimate of drug-likeness (QED) is 0.515. The fourth-order valence-corrected chi connectivity index (χ4v) is 1.90. The molecule has 0 bridgehead atoms. The molecule has 0 amide bonds. The molecule has 4 heteroatoms. The van der Waals surface area contributed by atoms with Crippen LogP contribution < -0.4 is 5.73 Å². The number of carbonyl (C=O) groups is 1. The number of benzene rings is 2. The van der Waals surface area contributed by atoms with Gasteiger partial charge in [0.05, 0.1) is 0 Å². The normalized spacial score (nSPS) is 16.1. The smallest absolute Gasteiger partial charge is 0.363 e. The van der Waals surface area contributed by atoms with E-state index in [1.165, 1.54) is 0 Å². The second-order valence-corrected chi connectivity index (χ2v) is 4.33. The molecule has 3 rings (SSSR count). The minimum Gasteiger partial charge on any atom is -0.402 e. The van der Waals surface area contributed by atoms with Crippen LogP contribution in [0.3, 0.4) is 0 Å². The number of nitrogens with two attached hydrogens (primary N) is 1. The number of hydrogen-bond donors (Lipinski definition) is 1. The van der Waals surface area contributed by atoms with Crippen molar-refractivity contribution >= 4 is 23.6 Å². The summed E-state index contributed by atoms with van der Waals surface area (Å²) in [5.74, 6) is -0.150. The number of rotatable bonds is 2. The number of cyclic esters (lactones) is 1. The zero-order valence-electron chi connectivity index (χ0n) is 10.6. The van der Waals surface area contributed by atoms with Gasteiger partial charge in [0, 0.05) is 11.3 Å². The number of hydrogen-bond acceptors (Lipinski definition) is 4. The molecule has 0 spiro atoms. The van der Waals surface area contributed by atoms with Gasteiger partial charge < -0.3 is 10.5 Å². The molecule has 1 aliphatic rings. The first-order chi connectivity index (χ1) is 9.74. The number of carbonyl (C=O) groups excluding carboxylic acids is 1. The Hall–Kier alpha value is -2.88. The Morgan fingerprint density at radius 1 is 1.00 bits per heavy atom. The van der Waals surface area contributed by atoms with Crippen molar-refractivity contribution in [2.75, 3.05) is 5.73 Å². The SMILES string of the molecule is Nc1ccccc1/C=C1\N=C(c2ccccc2)OC1=O. The average molecular weight is 264 g/mol. The second kappa shape index (κ2) is 5.01. The number of nitrogen functional groups attached to an aromatic ring is 1. The summed E-state index contributed by atoms with van der Waals surface area (Å²) in [5, 5.41) is 0. The van der Waals surface area contributed by atoms with Crippen molar-refractivity contribution in [1.82, 2.24) is 0 Å². The van der Waals surface area contributed by atoms with E-state index >= 15 is 0 Å². The first-order valence-corrected chi connectivity index (χ1v) is 6.16. The highest BCUT2D eigenvalue weighted by molar-refractivity contribution is 6.13. The summed E-state index contributed by atoms with van der Waals surface area (Å²) in [5.41, 5.74) is 8.21. The lowest BCUT2D eigenvalue weighted by Gasteiger charge is -1.98. The van der Waals surface area contributed by atoms with Gasteiger partial charge in [0.15, 0.2) is 5.70 Å². The molecule has 0 fully saturated rings. The fourth-order valence-electron chi connectivity index (χ4n) is 1.90. The third-order valence-electron chi connectivity index (χ3n) is 2.93. The van der Waals surface area contributed by atoms with E-state index in [-0.39, 0.29) is 5.70 Å². The van der Waals surface area contributed by atoms with Crippen LogP contribution in [-0.4, -0.2) is 11.9 Å². The van der Waals surface area contributed by atoms with E-state index < -0.39 is 5.97 Å². The van der Waals surface area contributed by atoms with Gasteiger partial charge in [-0.2, -0.15) is 0 Å². The highest BCUT2D eigenvalue weighted by atomic mass is 16.6. The van der Waals surface area contributed by atoms with Crippen LogP contribution >= 0.6 is 0 Å². The van der Waals surface area contributed by atoms with Gasteiger partial charge in [0.1, 0.15) is 0 Å². The molecule has 2 aromatic rings. The Kier molecular flexibility index (Phi) is 3.05. The minimum atomic E-state index is -0.466. The number of esters is 1. The van der Waals surface area contributed by atoms with Gasteiger partial charge in [-0.25, -0.2) is 9.79 Å². The largest absolute Gasteiger partial charge is 0.402 e. The number of para-hydroxylation sites is 1. The fraction of sp³-hybridized carbons (Fsp3) is 0. The molecule has 1 aliphatic heterocycles. The number of ether oxygens (including phenoxy) is 1. The van der Waals surface area contributed by atoms with Gasteiger partial charge in [-0.3, -0.25) is 0 Å². The molecule has 0 atom stereocenters. The first kappa shape index (κ1) is 12.2. The Labute approximate surface area is 116 Å². The standard InChI is InChI=1S/C16H12N2O2/c17-13-9-5-4-8-12(13)10-14-16(19)20-15(18-14)11-6-2-1-3-7-11/h1-10H,17H2/b14-10-. The monoisotopic (exact) mass is 264 g/mol. The highest BCUT2D eigenvalue weighted by Gasteiger charge is 2.24. The molecule has 0 unspecified atom stereocenters. The maximum atomic E-state index is 11.8. The lowest BCUT2D eigenvalue weighted by molar-refractivity contribution is -0.129. The van der Waals surface area contributed by atoms with E-state index in [4.69, 9.17) is 10.5 Å². The van der Waals surface area contributed by atoms with Gasteiger partial charge in [-0.15, -0.1) is 0 Å². The van der Waals surface area contributed by atoms with Crippen molar-refractivity contribution in [2.24, 2.45) is 4.99 Å². The molecule has 0 aromatic heterocycles. The van der Waals surface area contributed by atoms with Crippen LogP contribution in [0, 0.1) is 0 Å². The molecule has 20 heavy (non-hydrogen) atoms. The third kappa shape index (κ3) is 2.31. The third-order valence-corrected chi connectivity index (χ3v) is 2.93. The first-order valence-electron chi connectivity index (χ1n) is 6.16. The molecule has 0 saturated heterocycles. The van der Waals surface area contributed by atoms with Crippen LogP contribution in [0.25, 0.3) is 6.08 Å². The van der Waals surface area contributed by atoms with Crippen molar-refractivity contribution < 1.29 is 9.53 Å². The van der Waals surface area contributed by atoms with Gasteiger partial charge in [0.2, 0.25) is 5.90 Å². The van der Waals surface area contributed by atoms with Crippen LogP contribution in [0.1, 0.15) is 11.1 Å². The zero-order valence-corrected chi connectivity index (χ0v) is 10.6. The lowest BCUT2D eigenvalue weighted by Crippen LogP contribution is -2.05. The minimum absolute atomic E-state index is 0.252. The number of nitrogens with zero attached hydrogens (tertiary/aromatic N) is 1. The summed E-state index contributed by atoms with van der Waals surface area (Å²) in [4.78, 5) is 16.1. The zero-order chi connectivity index (χ0) is 13.9. The molecular weight excluding hydrogens is 252 g/mol. The summed E-state index contributed by atoms with van der Waals surface area (Å²) in [6, 6.07) is 16.6. The molecule has 0 aliphatic carbocycles. The summed E-state index contributed by atoms with van der Waals surface area (Å²) in [7, 11) is 0. The Morgan fingerprint density at radius 3 is 2.45 bits per heavy atom. The van der Waals surface area contributed by atoms with E-state index in [2.05, 4.69) is 4.99 Å². The predicted molar refractivity (Wildman–Crippen MR) is 77.9 cm³/mol. The molecule has 98 valence electrons. The van der Waals surface area contributed by atoms with E-state index in [0.717, 1.165) is 11.1 Å². The van der Waals surface area contributed by atoms with Gasteiger partial charge in [-0.05, 0) is 29.8 Å². The topological polar surface area (TPSA) is 64.7 Å². The molecule has 2 aromatic carbocycles. The van der Waals surface area contributed by atoms with Crippen LogP contribution in [0.15, 0.2) is 65.3 Å². The average Bonchev–Trinajstić information content (AvgIpc) is 2.84. The highest BCUT2D eigenvalue weighted by Crippen LogP contribution is 2.21. The molecule has 0 saturated carbocycles. The summed E-state index contributed by atoms with van der Waals surface area (Å²) >= 11 is 0. The van der Waals surface area contributed by atoms with Crippen LogP contribution in [0.2, 0.25) is 0 Å². The molecule has 2 N–H and O–H groups in total. The lowest BCUT2D eigenvalue weighted by atomic mass is 10.1. The predicted octanol–water partition coefficient (Wildman–Crippen LogP) is 2.61. The number of aliphatic imine (C=N–C) groups is 1. The Morgan fingerprint density at radius 2 is 1.70 bits per heavy atom. The Balaban J connectivity index is 1.97. The molecule has 1 heterocycles. The van der Waals surface area contributed by atoms with Crippen molar-refractivity contribution in [3.8, 4) is 0 Å². The summed E-state index contributed by atoms with van der Waals surface area (Å²) in [6.07, 6.45) is 1.63. The van der Waals surface area contributed by atoms with Gasteiger partial charge in [0.25, 0.3) is 0 Å². The maximum absolute atomic E-state index is 11.8. The van der Waals surface area contributed by atoms with E-state index in [9.17, 15) is 4.79 Å². The molecule has 0 radical (unpaired) electrons. The van der Waals surface area contributed by atoms with Crippen LogP contribution in [0.4, 0.5) is 5.69 Å². The van der Waals surface area contributed by atoms with Crippen molar-refractivity contribution in [3.63, 3.8) is 0 Å². The van der Waals surface area contributed by atoms with Crippen LogP contribution in [-0.2, 0) is 9.53 Å². The molecular formula is C16H12N2O2. The Bertz CT molecular complexity index is 718. The van der Waals surface area contributed by atoms with E-state index in [0.29, 0.717) is 11.6 Å². The summed E-state index contributed by atoms with van der Waals surface area (Å²) < 4.78 is 5.17. The van der Waals surface area contributed by atoms with Crippen molar-refractivity contribution in [2.45, 2.75) is 0 Å². The van der Waals surface area contributed by atoms with Crippen molar-refractivity contribution in [3.05, 3.63) is 71.4 Å². The second-order valence-electron chi connectivity index (χ2n) is 4.33. The van der Waals surface area contributed by atoms with E-state index in [1.807, 2.05) is 48.5 Å². The molecule has 4 nitrogen and oxygen atoms in total. The summed E-state index contributed by atoms with van der Waals surface area (Å²) in [6.45, 7) is 0. The van der Waals surface area contributed by atoms with Crippen molar-refractivity contribution in [1.29, 1.82) is 0 Å². The van der Waals surface area contributed by atoms with Gasteiger partial charge in [-0.1, -0.05) is 36.4 Å². The van der Waals surface area contributed by atoms with Gasteiger partial charge >= 0.3 is 5.97 Å². The number of anilines is 1. The van der Waals surface area contributed by atoms with E-state index in [1.54, 1.807) is 12.1 Å². The maximum Gasteiger partial charge on any atom is 0.363 e.